The zero-order chi connectivity index (χ0) is 18.4. The minimum Gasteiger partial charge on any atom is -0.480 e. The fraction of sp³-hybridized carbons (Fsp3) is 0.556. The van der Waals surface area contributed by atoms with E-state index in [4.69, 9.17) is 11.6 Å². The SMILES string of the molecule is CC[C@H](C)[C@H](NCC(=O)N1CCN(c2cccc(Cl)c2)CC1)C(=O)O. The van der Waals surface area contributed by atoms with Gasteiger partial charge in [0.15, 0.2) is 0 Å². The summed E-state index contributed by atoms with van der Waals surface area (Å²) in [4.78, 5) is 27.7. The van der Waals surface area contributed by atoms with Crippen molar-refractivity contribution in [2.24, 2.45) is 5.92 Å². The first-order valence-corrected chi connectivity index (χ1v) is 9.04. The molecule has 0 bridgehead atoms. The van der Waals surface area contributed by atoms with Gasteiger partial charge in [-0.2, -0.15) is 0 Å². The predicted octanol–water partition coefficient (Wildman–Crippen LogP) is 2.08. The third kappa shape index (κ3) is 5.34. The molecule has 1 amide bonds. The summed E-state index contributed by atoms with van der Waals surface area (Å²) in [6.07, 6.45) is 0.746. The first kappa shape index (κ1) is 19.5. The molecular formula is C18H26ClN3O3. The molecule has 25 heavy (non-hydrogen) atoms. The van der Waals surface area contributed by atoms with Gasteiger partial charge in [0.05, 0.1) is 6.54 Å². The molecule has 1 aliphatic heterocycles. The van der Waals surface area contributed by atoms with Crippen molar-refractivity contribution in [1.29, 1.82) is 0 Å². The summed E-state index contributed by atoms with van der Waals surface area (Å²) >= 11 is 6.03. The van der Waals surface area contributed by atoms with Crippen molar-refractivity contribution in [2.45, 2.75) is 26.3 Å². The van der Waals surface area contributed by atoms with Crippen LogP contribution in [0.5, 0.6) is 0 Å². The molecule has 0 aromatic heterocycles. The Hall–Kier alpha value is -1.79. The van der Waals surface area contributed by atoms with Gasteiger partial charge in [-0.15, -0.1) is 0 Å². The number of hydrogen-bond donors (Lipinski definition) is 2. The van der Waals surface area contributed by atoms with E-state index in [1.54, 1.807) is 4.90 Å². The van der Waals surface area contributed by atoms with E-state index in [0.29, 0.717) is 18.1 Å². The van der Waals surface area contributed by atoms with E-state index in [1.165, 1.54) is 0 Å². The van der Waals surface area contributed by atoms with E-state index in [-0.39, 0.29) is 18.4 Å². The van der Waals surface area contributed by atoms with Crippen LogP contribution in [0.2, 0.25) is 5.02 Å². The Kier molecular flexibility index (Phi) is 7.08. The molecule has 0 spiro atoms. The highest BCUT2D eigenvalue weighted by molar-refractivity contribution is 6.30. The van der Waals surface area contributed by atoms with Crippen LogP contribution < -0.4 is 10.2 Å². The van der Waals surface area contributed by atoms with E-state index in [0.717, 1.165) is 25.2 Å². The largest absolute Gasteiger partial charge is 0.480 e. The van der Waals surface area contributed by atoms with Crippen molar-refractivity contribution < 1.29 is 14.7 Å². The van der Waals surface area contributed by atoms with Crippen molar-refractivity contribution >= 4 is 29.2 Å². The summed E-state index contributed by atoms with van der Waals surface area (Å²) in [7, 11) is 0. The van der Waals surface area contributed by atoms with Gasteiger partial charge >= 0.3 is 5.97 Å². The average Bonchev–Trinajstić information content (AvgIpc) is 2.61. The number of carboxylic acids is 1. The van der Waals surface area contributed by atoms with Crippen molar-refractivity contribution in [2.75, 3.05) is 37.6 Å². The van der Waals surface area contributed by atoms with Crippen LogP contribution in [-0.4, -0.2) is 60.6 Å². The van der Waals surface area contributed by atoms with Gasteiger partial charge in [0.2, 0.25) is 5.91 Å². The van der Waals surface area contributed by atoms with Gasteiger partial charge in [0, 0.05) is 36.9 Å². The first-order chi connectivity index (χ1) is 11.9. The summed E-state index contributed by atoms with van der Waals surface area (Å²) in [5.41, 5.74) is 1.06. The van der Waals surface area contributed by atoms with Crippen molar-refractivity contribution in [3.05, 3.63) is 29.3 Å². The number of benzene rings is 1. The van der Waals surface area contributed by atoms with Crippen LogP contribution in [-0.2, 0) is 9.59 Å². The number of anilines is 1. The smallest absolute Gasteiger partial charge is 0.320 e. The minimum absolute atomic E-state index is 0.0232. The first-order valence-electron chi connectivity index (χ1n) is 8.66. The second kappa shape index (κ2) is 9.06. The molecule has 0 unspecified atom stereocenters. The van der Waals surface area contributed by atoms with Crippen LogP contribution in [0.3, 0.4) is 0 Å². The molecule has 0 aliphatic carbocycles. The highest BCUT2D eigenvalue weighted by Gasteiger charge is 2.26. The van der Waals surface area contributed by atoms with E-state index >= 15 is 0 Å². The van der Waals surface area contributed by atoms with Gasteiger partial charge in [-0.25, -0.2) is 0 Å². The number of carbonyl (C=O) groups is 2. The van der Waals surface area contributed by atoms with E-state index in [9.17, 15) is 14.7 Å². The molecule has 2 rings (SSSR count). The fourth-order valence-electron chi connectivity index (χ4n) is 2.96. The predicted molar refractivity (Wildman–Crippen MR) is 99.1 cm³/mol. The maximum Gasteiger partial charge on any atom is 0.320 e. The molecule has 2 N–H and O–H groups in total. The van der Waals surface area contributed by atoms with Gasteiger partial charge in [-0.05, 0) is 24.1 Å². The topological polar surface area (TPSA) is 72.9 Å². The number of rotatable bonds is 7. The Labute approximate surface area is 153 Å². The van der Waals surface area contributed by atoms with Gasteiger partial charge in [-0.1, -0.05) is 37.9 Å². The average molecular weight is 368 g/mol. The Morgan fingerprint density at radius 1 is 1.28 bits per heavy atom. The summed E-state index contributed by atoms with van der Waals surface area (Å²) < 4.78 is 0. The molecule has 0 saturated carbocycles. The lowest BCUT2D eigenvalue weighted by molar-refractivity contribution is -0.141. The summed E-state index contributed by atoms with van der Waals surface area (Å²) in [6, 6.07) is 6.99. The van der Waals surface area contributed by atoms with Crippen LogP contribution in [0.25, 0.3) is 0 Å². The third-order valence-corrected chi connectivity index (χ3v) is 4.99. The number of hydrogen-bond acceptors (Lipinski definition) is 4. The molecule has 1 saturated heterocycles. The van der Waals surface area contributed by atoms with Crippen molar-refractivity contribution in [3.8, 4) is 0 Å². The molecule has 138 valence electrons. The lowest BCUT2D eigenvalue weighted by atomic mass is 9.99. The van der Waals surface area contributed by atoms with Crippen LogP contribution in [0.15, 0.2) is 24.3 Å². The Morgan fingerprint density at radius 2 is 1.96 bits per heavy atom. The van der Waals surface area contributed by atoms with Gasteiger partial charge in [0.1, 0.15) is 6.04 Å². The van der Waals surface area contributed by atoms with Gasteiger partial charge in [0.25, 0.3) is 0 Å². The number of carboxylic acid groups (broad SMARTS) is 1. The Bertz CT molecular complexity index is 603. The third-order valence-electron chi connectivity index (χ3n) is 4.76. The van der Waals surface area contributed by atoms with Crippen LogP contribution in [0.4, 0.5) is 5.69 Å². The molecule has 1 heterocycles. The minimum atomic E-state index is -0.909. The number of nitrogens with zero attached hydrogens (tertiary/aromatic N) is 2. The van der Waals surface area contributed by atoms with E-state index in [2.05, 4.69) is 10.2 Å². The van der Waals surface area contributed by atoms with Crippen LogP contribution in [0, 0.1) is 5.92 Å². The zero-order valence-corrected chi connectivity index (χ0v) is 15.5. The molecule has 1 aromatic rings. The highest BCUT2D eigenvalue weighted by atomic mass is 35.5. The maximum absolute atomic E-state index is 12.4. The number of nitrogens with one attached hydrogen (secondary N) is 1. The molecule has 1 aromatic carbocycles. The van der Waals surface area contributed by atoms with Crippen LogP contribution in [0.1, 0.15) is 20.3 Å². The van der Waals surface area contributed by atoms with Crippen molar-refractivity contribution in [3.63, 3.8) is 0 Å². The molecule has 7 heteroatoms. The Balaban J connectivity index is 1.83. The van der Waals surface area contributed by atoms with E-state index in [1.807, 2.05) is 38.1 Å². The number of amides is 1. The van der Waals surface area contributed by atoms with Gasteiger partial charge < -0.3 is 14.9 Å². The van der Waals surface area contributed by atoms with Crippen molar-refractivity contribution in [1.82, 2.24) is 10.2 Å². The number of carbonyl (C=O) groups excluding carboxylic acids is 1. The monoisotopic (exact) mass is 367 g/mol. The lowest BCUT2D eigenvalue weighted by Crippen LogP contribution is -2.53. The normalized spacial score (nSPS) is 17.2. The molecule has 2 atom stereocenters. The number of halogens is 1. The second-order valence-corrected chi connectivity index (χ2v) is 6.87. The second-order valence-electron chi connectivity index (χ2n) is 6.43. The summed E-state index contributed by atoms with van der Waals surface area (Å²) in [5, 5.41) is 12.9. The standard InChI is InChI=1S/C18H26ClN3O3/c1-3-13(2)17(18(24)25)20-12-16(23)22-9-7-21(8-10-22)15-6-4-5-14(19)11-15/h4-6,11,13,17,20H,3,7-10,12H2,1-2H3,(H,24,25)/t13-,17-/m0/s1. The molecule has 1 fully saturated rings. The molecular weight excluding hydrogens is 342 g/mol. The zero-order valence-electron chi connectivity index (χ0n) is 14.7. The number of piperazine rings is 1. The Morgan fingerprint density at radius 3 is 2.52 bits per heavy atom. The maximum atomic E-state index is 12.4. The van der Waals surface area contributed by atoms with E-state index < -0.39 is 12.0 Å². The number of aliphatic carboxylic acids is 1. The summed E-state index contributed by atoms with van der Waals surface area (Å²) in [5.74, 6) is -0.988. The van der Waals surface area contributed by atoms with Crippen LogP contribution >= 0.6 is 11.6 Å². The van der Waals surface area contributed by atoms with Gasteiger partial charge in [-0.3, -0.25) is 14.9 Å². The fourth-order valence-corrected chi connectivity index (χ4v) is 3.15. The summed E-state index contributed by atoms with van der Waals surface area (Å²) in [6.45, 7) is 6.58. The highest BCUT2D eigenvalue weighted by Crippen LogP contribution is 2.20. The lowest BCUT2D eigenvalue weighted by Gasteiger charge is -2.36. The molecule has 0 radical (unpaired) electrons. The molecule has 6 nitrogen and oxygen atoms in total. The quantitative estimate of drug-likeness (QED) is 0.772. The molecule has 1 aliphatic rings.